The molecule has 3 rings (SSSR count). The highest BCUT2D eigenvalue weighted by Gasteiger charge is 2.12. The van der Waals surface area contributed by atoms with Crippen molar-refractivity contribution in [2.45, 2.75) is 27.3 Å². The van der Waals surface area contributed by atoms with Crippen LogP contribution in [0.1, 0.15) is 28.4 Å². The van der Waals surface area contributed by atoms with Gasteiger partial charge in [-0.25, -0.2) is 4.68 Å². The molecule has 122 valence electrons. The molecule has 0 aliphatic heterocycles. The molecule has 0 saturated heterocycles. The monoisotopic (exact) mass is 321 g/mol. The summed E-state index contributed by atoms with van der Waals surface area (Å²) in [5.74, 6) is 0.494. The smallest absolute Gasteiger partial charge is 0.255 e. The SMILES string of the molecule is CCn1nnnc1-c1cccc(C(=O)Nc2ccc(C)c(C)c2)c1. The molecule has 1 N–H and O–H groups in total. The molecule has 0 bridgehead atoms. The molecule has 24 heavy (non-hydrogen) atoms. The lowest BCUT2D eigenvalue weighted by Crippen LogP contribution is -2.12. The number of anilines is 1. The molecule has 6 heteroatoms. The van der Waals surface area contributed by atoms with Gasteiger partial charge < -0.3 is 5.32 Å². The number of amides is 1. The molecule has 0 aliphatic rings. The minimum atomic E-state index is -0.157. The maximum Gasteiger partial charge on any atom is 0.255 e. The molecule has 0 spiro atoms. The van der Waals surface area contributed by atoms with E-state index in [1.165, 1.54) is 5.56 Å². The van der Waals surface area contributed by atoms with E-state index in [9.17, 15) is 4.79 Å². The Bertz CT molecular complexity index is 885. The number of aryl methyl sites for hydroxylation is 3. The first kappa shape index (κ1) is 15.9. The van der Waals surface area contributed by atoms with Crippen LogP contribution in [0.2, 0.25) is 0 Å². The van der Waals surface area contributed by atoms with E-state index in [1.54, 1.807) is 16.8 Å². The Kier molecular flexibility index (Phi) is 4.37. The molecule has 0 saturated carbocycles. The van der Waals surface area contributed by atoms with Crippen molar-refractivity contribution < 1.29 is 4.79 Å². The zero-order valence-corrected chi connectivity index (χ0v) is 13.9. The molecule has 1 amide bonds. The third-order valence-electron chi connectivity index (χ3n) is 3.98. The summed E-state index contributed by atoms with van der Waals surface area (Å²) in [6, 6.07) is 13.2. The topological polar surface area (TPSA) is 72.7 Å². The average molecular weight is 321 g/mol. The maximum atomic E-state index is 12.5. The van der Waals surface area contributed by atoms with Gasteiger partial charge in [0, 0.05) is 23.4 Å². The largest absolute Gasteiger partial charge is 0.322 e. The highest BCUT2D eigenvalue weighted by atomic mass is 16.1. The number of nitrogens with one attached hydrogen (secondary N) is 1. The molecule has 0 aliphatic carbocycles. The van der Waals surface area contributed by atoms with Crippen LogP contribution in [0.3, 0.4) is 0 Å². The Labute approximate surface area is 140 Å². The van der Waals surface area contributed by atoms with Gasteiger partial charge in [-0.1, -0.05) is 18.2 Å². The first-order valence-electron chi connectivity index (χ1n) is 7.83. The first-order valence-corrected chi connectivity index (χ1v) is 7.83. The zero-order valence-electron chi connectivity index (χ0n) is 13.9. The van der Waals surface area contributed by atoms with Crippen molar-refractivity contribution in [3.05, 3.63) is 59.2 Å². The summed E-state index contributed by atoms with van der Waals surface area (Å²) in [6.45, 7) is 6.70. The third-order valence-corrected chi connectivity index (χ3v) is 3.98. The molecule has 0 radical (unpaired) electrons. The molecule has 0 atom stereocenters. The van der Waals surface area contributed by atoms with Crippen molar-refractivity contribution in [3.63, 3.8) is 0 Å². The number of aromatic nitrogens is 4. The van der Waals surface area contributed by atoms with E-state index in [1.807, 2.05) is 51.1 Å². The number of tetrazole rings is 1. The number of nitrogens with zero attached hydrogens (tertiary/aromatic N) is 4. The number of rotatable bonds is 4. The maximum absolute atomic E-state index is 12.5. The second-order valence-electron chi connectivity index (χ2n) is 5.65. The highest BCUT2D eigenvalue weighted by Crippen LogP contribution is 2.19. The van der Waals surface area contributed by atoms with Crippen molar-refractivity contribution >= 4 is 11.6 Å². The summed E-state index contributed by atoms with van der Waals surface area (Å²) in [7, 11) is 0. The molecule has 1 heterocycles. The lowest BCUT2D eigenvalue weighted by atomic mass is 10.1. The summed E-state index contributed by atoms with van der Waals surface area (Å²) in [5, 5.41) is 14.6. The third kappa shape index (κ3) is 3.17. The van der Waals surface area contributed by atoms with E-state index >= 15 is 0 Å². The van der Waals surface area contributed by atoms with E-state index in [-0.39, 0.29) is 5.91 Å². The van der Waals surface area contributed by atoms with Crippen LogP contribution in [0.25, 0.3) is 11.4 Å². The van der Waals surface area contributed by atoms with E-state index in [0.29, 0.717) is 17.9 Å². The van der Waals surface area contributed by atoms with Gasteiger partial charge in [0.05, 0.1) is 0 Å². The quantitative estimate of drug-likeness (QED) is 0.800. The minimum Gasteiger partial charge on any atom is -0.322 e. The normalized spacial score (nSPS) is 10.6. The number of hydrogen-bond acceptors (Lipinski definition) is 4. The number of carbonyl (C=O) groups excluding carboxylic acids is 1. The van der Waals surface area contributed by atoms with Gasteiger partial charge >= 0.3 is 0 Å². The fourth-order valence-corrected chi connectivity index (χ4v) is 2.45. The first-order chi connectivity index (χ1) is 11.6. The van der Waals surface area contributed by atoms with Gasteiger partial charge in [0.2, 0.25) is 0 Å². The lowest BCUT2D eigenvalue weighted by molar-refractivity contribution is 0.102. The molecule has 2 aromatic carbocycles. The number of benzene rings is 2. The summed E-state index contributed by atoms with van der Waals surface area (Å²) >= 11 is 0. The van der Waals surface area contributed by atoms with Gasteiger partial charge in [0.15, 0.2) is 5.82 Å². The molecule has 0 fully saturated rings. The predicted octanol–water partition coefficient (Wildman–Crippen LogP) is 3.23. The van der Waals surface area contributed by atoms with Crippen LogP contribution >= 0.6 is 0 Å². The summed E-state index contributed by atoms with van der Waals surface area (Å²) in [4.78, 5) is 12.5. The van der Waals surface area contributed by atoms with Crippen LogP contribution in [0.5, 0.6) is 0 Å². The van der Waals surface area contributed by atoms with Crippen molar-refractivity contribution in [2.75, 3.05) is 5.32 Å². The van der Waals surface area contributed by atoms with Crippen LogP contribution in [-0.2, 0) is 6.54 Å². The molecule has 6 nitrogen and oxygen atoms in total. The van der Waals surface area contributed by atoms with E-state index < -0.39 is 0 Å². The van der Waals surface area contributed by atoms with Gasteiger partial charge in [-0.15, -0.1) is 5.10 Å². The van der Waals surface area contributed by atoms with Gasteiger partial charge in [-0.2, -0.15) is 0 Å². The van der Waals surface area contributed by atoms with Crippen molar-refractivity contribution in [1.29, 1.82) is 0 Å². The Morgan fingerprint density at radius 2 is 1.96 bits per heavy atom. The Morgan fingerprint density at radius 3 is 2.71 bits per heavy atom. The van der Waals surface area contributed by atoms with Gasteiger partial charge in [-0.05, 0) is 66.6 Å². The molecule has 3 aromatic rings. The van der Waals surface area contributed by atoms with E-state index in [4.69, 9.17) is 0 Å². The van der Waals surface area contributed by atoms with Crippen LogP contribution < -0.4 is 5.32 Å². The average Bonchev–Trinajstić information content (AvgIpc) is 3.07. The second-order valence-corrected chi connectivity index (χ2v) is 5.65. The Balaban J connectivity index is 1.85. The fourth-order valence-electron chi connectivity index (χ4n) is 2.45. The molecular formula is C18H19N5O. The van der Waals surface area contributed by atoms with Crippen LogP contribution in [0, 0.1) is 13.8 Å². The second kappa shape index (κ2) is 6.62. The van der Waals surface area contributed by atoms with E-state index in [2.05, 4.69) is 20.8 Å². The summed E-state index contributed by atoms with van der Waals surface area (Å²) in [6.07, 6.45) is 0. The summed E-state index contributed by atoms with van der Waals surface area (Å²) in [5.41, 5.74) is 4.50. The van der Waals surface area contributed by atoms with Crippen LogP contribution in [0.15, 0.2) is 42.5 Å². The van der Waals surface area contributed by atoms with Crippen LogP contribution in [-0.4, -0.2) is 26.1 Å². The molecule has 0 unspecified atom stereocenters. The fraction of sp³-hybridized carbons (Fsp3) is 0.222. The summed E-state index contributed by atoms with van der Waals surface area (Å²) < 4.78 is 1.69. The number of hydrogen-bond donors (Lipinski definition) is 1. The zero-order chi connectivity index (χ0) is 17.1. The van der Waals surface area contributed by atoms with Crippen molar-refractivity contribution in [2.24, 2.45) is 0 Å². The standard InChI is InChI=1S/C18H19N5O/c1-4-23-17(20-21-22-23)14-6-5-7-15(11-14)18(24)19-16-9-8-12(2)13(3)10-16/h5-11H,4H2,1-3H3,(H,19,24). The highest BCUT2D eigenvalue weighted by molar-refractivity contribution is 6.04. The van der Waals surface area contributed by atoms with E-state index in [0.717, 1.165) is 16.8 Å². The van der Waals surface area contributed by atoms with Crippen molar-refractivity contribution in [1.82, 2.24) is 20.2 Å². The molecule has 1 aromatic heterocycles. The lowest BCUT2D eigenvalue weighted by Gasteiger charge is -2.09. The van der Waals surface area contributed by atoms with Gasteiger partial charge in [0.1, 0.15) is 0 Å². The van der Waals surface area contributed by atoms with Gasteiger partial charge in [-0.3, -0.25) is 4.79 Å². The molecular weight excluding hydrogens is 302 g/mol. The van der Waals surface area contributed by atoms with Crippen LogP contribution in [0.4, 0.5) is 5.69 Å². The Hall–Kier alpha value is -3.02. The number of carbonyl (C=O) groups is 1. The van der Waals surface area contributed by atoms with Crippen molar-refractivity contribution in [3.8, 4) is 11.4 Å². The predicted molar refractivity (Wildman–Crippen MR) is 92.8 cm³/mol. The Morgan fingerprint density at radius 1 is 1.12 bits per heavy atom. The van der Waals surface area contributed by atoms with Gasteiger partial charge in [0.25, 0.3) is 5.91 Å². The minimum absolute atomic E-state index is 0.157.